The van der Waals surface area contributed by atoms with Crippen molar-refractivity contribution in [2.24, 2.45) is 0 Å². The van der Waals surface area contributed by atoms with E-state index in [2.05, 4.69) is 26.0 Å². The smallest absolute Gasteiger partial charge is 0.161 e. The summed E-state index contributed by atoms with van der Waals surface area (Å²) in [6.07, 6.45) is 1.91. The maximum Gasteiger partial charge on any atom is 0.161 e. The summed E-state index contributed by atoms with van der Waals surface area (Å²) in [6, 6.07) is 14.1. The highest BCUT2D eigenvalue weighted by molar-refractivity contribution is 5.39. The second-order valence-corrected chi connectivity index (χ2v) is 5.55. The molecule has 0 atom stereocenters. The van der Waals surface area contributed by atoms with Crippen molar-refractivity contribution in [2.45, 2.75) is 33.6 Å². The van der Waals surface area contributed by atoms with E-state index in [0.717, 1.165) is 30.1 Å². The molecule has 0 aromatic heterocycles. The fourth-order valence-corrected chi connectivity index (χ4v) is 2.37. The fourth-order valence-electron chi connectivity index (χ4n) is 2.37. The van der Waals surface area contributed by atoms with Gasteiger partial charge in [0, 0.05) is 0 Å². The van der Waals surface area contributed by atoms with Crippen LogP contribution in [0.15, 0.2) is 42.5 Å². The molecule has 3 heteroatoms. The first-order chi connectivity index (χ1) is 11.2. The molecule has 23 heavy (non-hydrogen) atoms. The van der Waals surface area contributed by atoms with Gasteiger partial charge < -0.3 is 14.2 Å². The Balaban J connectivity index is 1.68. The highest BCUT2D eigenvalue weighted by Crippen LogP contribution is 2.26. The molecule has 0 radical (unpaired) electrons. The molecule has 0 aliphatic heterocycles. The van der Waals surface area contributed by atoms with Crippen LogP contribution in [0.4, 0.5) is 0 Å². The van der Waals surface area contributed by atoms with Crippen LogP contribution in [0.3, 0.4) is 0 Å². The summed E-state index contributed by atoms with van der Waals surface area (Å²) < 4.78 is 17.2. The van der Waals surface area contributed by atoms with Crippen LogP contribution in [0.2, 0.25) is 0 Å². The first-order valence-electron chi connectivity index (χ1n) is 8.25. The molecule has 2 aromatic rings. The van der Waals surface area contributed by atoms with Crippen LogP contribution in [-0.2, 0) is 0 Å². The maximum absolute atomic E-state index is 5.83. The molecule has 3 nitrogen and oxygen atoms in total. The van der Waals surface area contributed by atoms with Crippen LogP contribution in [-0.4, -0.2) is 19.8 Å². The van der Waals surface area contributed by atoms with E-state index < -0.39 is 0 Å². The van der Waals surface area contributed by atoms with E-state index in [1.54, 1.807) is 0 Å². The van der Waals surface area contributed by atoms with Gasteiger partial charge in [-0.1, -0.05) is 29.8 Å². The Kier molecular flexibility index (Phi) is 6.79. The van der Waals surface area contributed by atoms with Crippen molar-refractivity contribution < 1.29 is 14.2 Å². The Labute approximate surface area is 139 Å². The Hall–Kier alpha value is -2.16. The molecular weight excluding hydrogens is 288 g/mol. The molecule has 0 fully saturated rings. The number of para-hydroxylation sites is 2. The van der Waals surface area contributed by atoms with Crippen molar-refractivity contribution in [3.63, 3.8) is 0 Å². The highest BCUT2D eigenvalue weighted by Gasteiger charge is 2.03. The van der Waals surface area contributed by atoms with E-state index in [0.29, 0.717) is 19.8 Å². The number of rotatable bonds is 9. The lowest BCUT2D eigenvalue weighted by molar-refractivity contribution is 0.251. The summed E-state index contributed by atoms with van der Waals surface area (Å²) in [7, 11) is 0. The summed E-state index contributed by atoms with van der Waals surface area (Å²) in [5.74, 6) is 2.59. The van der Waals surface area contributed by atoms with Crippen LogP contribution in [0.25, 0.3) is 0 Å². The Morgan fingerprint density at radius 2 is 1.35 bits per heavy atom. The molecule has 0 saturated carbocycles. The minimum Gasteiger partial charge on any atom is -0.493 e. The Morgan fingerprint density at radius 1 is 0.739 bits per heavy atom. The number of aryl methyl sites for hydroxylation is 2. The molecule has 0 N–H and O–H groups in total. The van der Waals surface area contributed by atoms with Crippen LogP contribution in [0.5, 0.6) is 17.2 Å². The van der Waals surface area contributed by atoms with E-state index in [9.17, 15) is 0 Å². The van der Waals surface area contributed by atoms with E-state index >= 15 is 0 Å². The van der Waals surface area contributed by atoms with Gasteiger partial charge in [0.15, 0.2) is 11.5 Å². The molecule has 0 bridgehead atoms. The van der Waals surface area contributed by atoms with E-state index in [1.165, 1.54) is 11.1 Å². The van der Waals surface area contributed by atoms with Crippen molar-refractivity contribution in [1.82, 2.24) is 0 Å². The summed E-state index contributed by atoms with van der Waals surface area (Å²) in [4.78, 5) is 0. The zero-order valence-corrected chi connectivity index (χ0v) is 14.3. The number of unbranched alkanes of at least 4 members (excludes halogenated alkanes) is 1. The lowest BCUT2D eigenvalue weighted by Crippen LogP contribution is -2.04. The maximum atomic E-state index is 5.83. The normalized spacial score (nSPS) is 10.4. The van der Waals surface area contributed by atoms with Gasteiger partial charge in [-0.05, 0) is 57.4 Å². The van der Waals surface area contributed by atoms with E-state index in [4.69, 9.17) is 14.2 Å². The minimum absolute atomic E-state index is 0.643. The zero-order valence-electron chi connectivity index (χ0n) is 14.3. The number of hydrogen-bond acceptors (Lipinski definition) is 3. The van der Waals surface area contributed by atoms with Crippen molar-refractivity contribution in [2.75, 3.05) is 19.8 Å². The largest absolute Gasteiger partial charge is 0.493 e. The molecule has 124 valence electrons. The standard InChI is InChI=1S/C20H26O3/c1-4-21-19-9-5-6-10-20(19)23-14-8-7-13-22-18-12-11-16(2)15-17(18)3/h5-6,9-12,15H,4,7-8,13-14H2,1-3H3. The molecule has 2 rings (SSSR count). The summed E-state index contributed by atoms with van der Waals surface area (Å²) in [6.45, 7) is 8.16. The lowest BCUT2D eigenvalue weighted by Gasteiger charge is -2.12. The van der Waals surface area contributed by atoms with Crippen molar-refractivity contribution in [3.05, 3.63) is 53.6 Å². The number of ether oxygens (including phenoxy) is 3. The van der Waals surface area contributed by atoms with Crippen LogP contribution in [0, 0.1) is 13.8 Å². The average Bonchev–Trinajstić information content (AvgIpc) is 2.54. The molecule has 0 aliphatic carbocycles. The van der Waals surface area contributed by atoms with Gasteiger partial charge in [0.2, 0.25) is 0 Å². The molecule has 0 amide bonds. The van der Waals surface area contributed by atoms with Gasteiger partial charge in [0.1, 0.15) is 5.75 Å². The topological polar surface area (TPSA) is 27.7 Å². The van der Waals surface area contributed by atoms with Gasteiger partial charge >= 0.3 is 0 Å². The van der Waals surface area contributed by atoms with Crippen molar-refractivity contribution >= 4 is 0 Å². The third-order valence-corrected chi connectivity index (χ3v) is 3.53. The van der Waals surface area contributed by atoms with Crippen molar-refractivity contribution in [1.29, 1.82) is 0 Å². The first-order valence-corrected chi connectivity index (χ1v) is 8.25. The number of hydrogen-bond donors (Lipinski definition) is 0. The molecule has 0 aliphatic rings. The quantitative estimate of drug-likeness (QED) is 0.614. The molecule has 2 aromatic carbocycles. The zero-order chi connectivity index (χ0) is 16.5. The first kappa shape index (κ1) is 17.2. The van der Waals surface area contributed by atoms with Crippen molar-refractivity contribution in [3.8, 4) is 17.2 Å². The predicted molar refractivity (Wildman–Crippen MR) is 93.8 cm³/mol. The van der Waals surface area contributed by atoms with Crippen LogP contribution >= 0.6 is 0 Å². The molecule has 0 heterocycles. The summed E-state index contributed by atoms with van der Waals surface area (Å²) in [5.41, 5.74) is 2.45. The van der Waals surface area contributed by atoms with E-state index in [-0.39, 0.29) is 0 Å². The highest BCUT2D eigenvalue weighted by atomic mass is 16.5. The SMILES string of the molecule is CCOc1ccccc1OCCCCOc1ccc(C)cc1C. The fraction of sp³-hybridized carbons (Fsp3) is 0.400. The van der Waals surface area contributed by atoms with Gasteiger partial charge in [0.25, 0.3) is 0 Å². The second kappa shape index (κ2) is 9.09. The minimum atomic E-state index is 0.643. The lowest BCUT2D eigenvalue weighted by atomic mass is 10.1. The molecule has 0 unspecified atom stereocenters. The third-order valence-electron chi connectivity index (χ3n) is 3.53. The third kappa shape index (κ3) is 5.51. The molecular formula is C20H26O3. The van der Waals surface area contributed by atoms with E-state index in [1.807, 2.05) is 37.3 Å². The predicted octanol–water partition coefficient (Wildman–Crippen LogP) is 4.94. The van der Waals surface area contributed by atoms with Gasteiger partial charge in [0.05, 0.1) is 19.8 Å². The van der Waals surface area contributed by atoms with Gasteiger partial charge in [-0.2, -0.15) is 0 Å². The summed E-state index contributed by atoms with van der Waals surface area (Å²) >= 11 is 0. The molecule has 0 saturated heterocycles. The summed E-state index contributed by atoms with van der Waals surface area (Å²) in [5, 5.41) is 0. The average molecular weight is 314 g/mol. The molecule has 0 spiro atoms. The monoisotopic (exact) mass is 314 g/mol. The van der Waals surface area contributed by atoms with Crippen LogP contribution in [0.1, 0.15) is 30.9 Å². The van der Waals surface area contributed by atoms with Gasteiger partial charge in [-0.3, -0.25) is 0 Å². The number of benzene rings is 2. The second-order valence-electron chi connectivity index (χ2n) is 5.55. The Bertz CT molecular complexity index is 608. The van der Waals surface area contributed by atoms with Crippen LogP contribution < -0.4 is 14.2 Å². The van der Waals surface area contributed by atoms with Gasteiger partial charge in [-0.25, -0.2) is 0 Å². The van der Waals surface area contributed by atoms with Gasteiger partial charge in [-0.15, -0.1) is 0 Å². The Morgan fingerprint density at radius 3 is 1.96 bits per heavy atom.